The molecule has 1 N–H and O–H groups in total. The van der Waals surface area contributed by atoms with Crippen molar-refractivity contribution in [1.29, 1.82) is 0 Å². The summed E-state index contributed by atoms with van der Waals surface area (Å²) in [5, 5.41) is 3.44. The Labute approximate surface area is 127 Å². The van der Waals surface area contributed by atoms with Crippen LogP contribution in [0.3, 0.4) is 0 Å². The van der Waals surface area contributed by atoms with Crippen LogP contribution in [0.1, 0.15) is 31.2 Å². The lowest BCUT2D eigenvalue weighted by molar-refractivity contribution is -0.126. The van der Waals surface area contributed by atoms with Gasteiger partial charge in [0.05, 0.1) is 6.54 Å². The molecule has 0 radical (unpaired) electrons. The highest BCUT2D eigenvalue weighted by Gasteiger charge is 2.54. The quantitative estimate of drug-likeness (QED) is 0.851. The van der Waals surface area contributed by atoms with E-state index in [-0.39, 0.29) is 18.5 Å². The van der Waals surface area contributed by atoms with E-state index in [0.29, 0.717) is 28.5 Å². The van der Waals surface area contributed by atoms with E-state index in [0.717, 1.165) is 12.8 Å². The third kappa shape index (κ3) is 1.98. The molecule has 1 spiro atoms. The Bertz CT molecular complexity index is 562. The SMILES string of the molecule is O=C1NC(=O)C2(CCCC2)N1Cc1c(Cl)cccc1Cl. The second kappa shape index (κ2) is 4.93. The number of hydrogen-bond acceptors (Lipinski definition) is 2. The number of carbonyl (C=O) groups is 2. The number of amides is 3. The van der Waals surface area contributed by atoms with Crippen molar-refractivity contribution in [3.63, 3.8) is 0 Å². The van der Waals surface area contributed by atoms with E-state index >= 15 is 0 Å². The first kappa shape index (κ1) is 13.7. The molecule has 2 aliphatic rings. The average Bonchev–Trinajstić information content (AvgIpc) is 2.96. The van der Waals surface area contributed by atoms with Crippen LogP contribution >= 0.6 is 23.2 Å². The summed E-state index contributed by atoms with van der Waals surface area (Å²) in [6.07, 6.45) is 3.31. The van der Waals surface area contributed by atoms with E-state index in [2.05, 4.69) is 5.32 Å². The zero-order chi connectivity index (χ0) is 14.3. The van der Waals surface area contributed by atoms with Gasteiger partial charge >= 0.3 is 6.03 Å². The summed E-state index contributed by atoms with van der Waals surface area (Å²) in [6.45, 7) is 0.260. The Kier molecular flexibility index (Phi) is 3.38. The molecular weight excluding hydrogens is 299 g/mol. The maximum absolute atomic E-state index is 12.1. The highest BCUT2D eigenvalue weighted by Crippen LogP contribution is 2.40. The summed E-state index contributed by atoms with van der Waals surface area (Å²) in [5.41, 5.74) is -0.0217. The topological polar surface area (TPSA) is 49.4 Å². The van der Waals surface area contributed by atoms with E-state index in [1.807, 2.05) is 0 Å². The highest BCUT2D eigenvalue weighted by atomic mass is 35.5. The van der Waals surface area contributed by atoms with Crippen LogP contribution in [0.25, 0.3) is 0 Å². The van der Waals surface area contributed by atoms with Gasteiger partial charge in [0, 0.05) is 15.6 Å². The molecule has 20 heavy (non-hydrogen) atoms. The second-order valence-corrected chi connectivity index (χ2v) is 6.10. The molecule has 1 saturated carbocycles. The first-order valence-corrected chi connectivity index (χ1v) is 7.36. The molecule has 0 unspecified atom stereocenters. The zero-order valence-electron chi connectivity index (χ0n) is 10.8. The monoisotopic (exact) mass is 312 g/mol. The largest absolute Gasteiger partial charge is 0.325 e. The Morgan fingerprint density at radius 1 is 1.15 bits per heavy atom. The van der Waals surface area contributed by atoms with Crippen LogP contribution in [-0.4, -0.2) is 22.4 Å². The number of hydrogen-bond donors (Lipinski definition) is 1. The van der Waals surface area contributed by atoms with Gasteiger partial charge in [-0.15, -0.1) is 0 Å². The van der Waals surface area contributed by atoms with Crippen molar-refractivity contribution in [3.8, 4) is 0 Å². The fourth-order valence-corrected chi connectivity index (χ4v) is 3.64. The zero-order valence-corrected chi connectivity index (χ0v) is 12.3. The van der Waals surface area contributed by atoms with Crippen LogP contribution in [-0.2, 0) is 11.3 Å². The van der Waals surface area contributed by atoms with Gasteiger partial charge in [-0.05, 0) is 25.0 Å². The molecule has 1 heterocycles. The molecule has 0 bridgehead atoms. The van der Waals surface area contributed by atoms with E-state index in [4.69, 9.17) is 23.2 Å². The van der Waals surface area contributed by atoms with Crippen molar-refractivity contribution in [1.82, 2.24) is 10.2 Å². The van der Waals surface area contributed by atoms with Gasteiger partial charge in [0.25, 0.3) is 5.91 Å². The summed E-state index contributed by atoms with van der Waals surface area (Å²) in [6, 6.07) is 4.88. The lowest BCUT2D eigenvalue weighted by Gasteiger charge is -2.31. The van der Waals surface area contributed by atoms with Crippen molar-refractivity contribution in [2.45, 2.75) is 37.8 Å². The fraction of sp³-hybridized carbons (Fsp3) is 0.429. The molecule has 106 valence electrons. The minimum atomic E-state index is -0.709. The number of rotatable bonds is 2. The maximum atomic E-state index is 12.1. The highest BCUT2D eigenvalue weighted by molar-refractivity contribution is 6.36. The second-order valence-electron chi connectivity index (χ2n) is 5.28. The first-order chi connectivity index (χ1) is 9.54. The molecule has 6 heteroatoms. The summed E-state index contributed by atoms with van der Waals surface area (Å²) in [4.78, 5) is 25.8. The molecule has 1 saturated heterocycles. The summed E-state index contributed by atoms with van der Waals surface area (Å²) in [7, 11) is 0. The Balaban J connectivity index is 1.96. The summed E-state index contributed by atoms with van der Waals surface area (Å²) < 4.78 is 0. The Morgan fingerprint density at radius 3 is 2.35 bits per heavy atom. The van der Waals surface area contributed by atoms with Crippen molar-refractivity contribution in [2.75, 3.05) is 0 Å². The molecule has 3 amide bonds. The number of halogens is 2. The van der Waals surface area contributed by atoms with Crippen molar-refractivity contribution in [2.24, 2.45) is 0 Å². The van der Waals surface area contributed by atoms with Gasteiger partial charge in [0.1, 0.15) is 5.54 Å². The Morgan fingerprint density at radius 2 is 1.75 bits per heavy atom. The van der Waals surface area contributed by atoms with Gasteiger partial charge in [-0.1, -0.05) is 42.1 Å². The van der Waals surface area contributed by atoms with Gasteiger partial charge < -0.3 is 4.90 Å². The van der Waals surface area contributed by atoms with Crippen LogP contribution in [0.15, 0.2) is 18.2 Å². The predicted octanol–water partition coefficient (Wildman–Crippen LogP) is 3.36. The lowest BCUT2D eigenvalue weighted by atomic mass is 9.95. The van der Waals surface area contributed by atoms with Gasteiger partial charge in [-0.2, -0.15) is 0 Å². The third-order valence-electron chi connectivity index (χ3n) is 4.21. The molecule has 1 aliphatic heterocycles. The van der Waals surface area contributed by atoms with Crippen molar-refractivity contribution in [3.05, 3.63) is 33.8 Å². The van der Waals surface area contributed by atoms with Gasteiger partial charge in [0.2, 0.25) is 0 Å². The van der Waals surface area contributed by atoms with Gasteiger partial charge in [-0.25, -0.2) is 4.79 Å². The minimum Gasteiger partial charge on any atom is -0.305 e. The molecule has 4 nitrogen and oxygen atoms in total. The van der Waals surface area contributed by atoms with E-state index in [9.17, 15) is 9.59 Å². The molecule has 3 rings (SSSR count). The number of carbonyl (C=O) groups excluding carboxylic acids is 2. The summed E-state index contributed by atoms with van der Waals surface area (Å²) >= 11 is 12.3. The standard InChI is InChI=1S/C14H14Cl2N2O2/c15-10-4-3-5-11(16)9(10)8-18-13(20)17-12(19)14(18)6-1-2-7-14/h3-5H,1-2,6-8H2,(H,17,19,20). The number of urea groups is 1. The van der Waals surface area contributed by atoms with Crippen LogP contribution in [0.4, 0.5) is 4.79 Å². The average molecular weight is 313 g/mol. The van der Waals surface area contributed by atoms with E-state index in [1.165, 1.54) is 0 Å². The predicted molar refractivity (Wildman–Crippen MR) is 76.7 cm³/mol. The van der Waals surface area contributed by atoms with E-state index < -0.39 is 5.54 Å². The molecule has 0 aromatic heterocycles. The molecule has 2 fully saturated rings. The van der Waals surface area contributed by atoms with Gasteiger partial charge in [-0.3, -0.25) is 10.1 Å². The van der Waals surface area contributed by atoms with Crippen LogP contribution in [0, 0.1) is 0 Å². The fourth-order valence-electron chi connectivity index (χ4n) is 3.12. The van der Waals surface area contributed by atoms with Crippen LogP contribution in [0.5, 0.6) is 0 Å². The van der Waals surface area contributed by atoms with Crippen LogP contribution < -0.4 is 5.32 Å². The van der Waals surface area contributed by atoms with E-state index in [1.54, 1.807) is 23.1 Å². The van der Waals surface area contributed by atoms with Crippen molar-refractivity contribution >= 4 is 35.1 Å². The molecule has 1 aromatic carbocycles. The lowest BCUT2D eigenvalue weighted by Crippen LogP contribution is -2.46. The van der Waals surface area contributed by atoms with Crippen molar-refractivity contribution < 1.29 is 9.59 Å². The first-order valence-electron chi connectivity index (χ1n) is 6.60. The van der Waals surface area contributed by atoms with Crippen LogP contribution in [0.2, 0.25) is 10.0 Å². The molecule has 1 aromatic rings. The minimum absolute atomic E-state index is 0.192. The molecule has 0 atom stereocenters. The van der Waals surface area contributed by atoms with Gasteiger partial charge in [0.15, 0.2) is 0 Å². The number of imide groups is 1. The maximum Gasteiger partial charge on any atom is 0.325 e. The number of benzene rings is 1. The summed E-state index contributed by atoms with van der Waals surface area (Å²) in [5.74, 6) is -0.192. The normalized spacial score (nSPS) is 20.8. The number of nitrogens with one attached hydrogen (secondary N) is 1. The number of nitrogens with zero attached hydrogens (tertiary/aromatic N) is 1. The smallest absolute Gasteiger partial charge is 0.305 e. The molecule has 1 aliphatic carbocycles. The molecular formula is C14H14Cl2N2O2. The Hall–Kier alpha value is -1.26. The third-order valence-corrected chi connectivity index (χ3v) is 4.92.